The first-order chi connectivity index (χ1) is 15.0. The Morgan fingerprint density at radius 1 is 1.06 bits per heavy atom. The van der Waals surface area contributed by atoms with E-state index in [2.05, 4.69) is 10.6 Å². The first-order valence-electron chi connectivity index (χ1n) is 10.5. The van der Waals surface area contributed by atoms with E-state index >= 15 is 0 Å². The van der Waals surface area contributed by atoms with E-state index in [-0.39, 0.29) is 12.5 Å². The van der Waals surface area contributed by atoms with Gasteiger partial charge in [0, 0.05) is 18.2 Å². The molecular weight excluding hydrogens is 416 g/mol. The van der Waals surface area contributed by atoms with Crippen LogP contribution in [-0.4, -0.2) is 45.7 Å². The Bertz CT molecular complexity index is 904. The minimum Gasteiger partial charge on any atom is -0.772 e. The fraction of sp³-hybridized carbons (Fsp3) is 0.391. The van der Waals surface area contributed by atoms with E-state index in [1.54, 1.807) is 0 Å². The van der Waals surface area contributed by atoms with E-state index < -0.39 is 34.9 Å². The zero-order valence-corrected chi connectivity index (χ0v) is 18.3. The van der Waals surface area contributed by atoms with Crippen LogP contribution in [0.1, 0.15) is 43.2 Å². The van der Waals surface area contributed by atoms with Crippen LogP contribution >= 0.6 is 0 Å². The van der Waals surface area contributed by atoms with Gasteiger partial charge in [-0.05, 0) is 28.7 Å². The predicted octanol–water partition coefficient (Wildman–Crippen LogP) is 3.08. The van der Waals surface area contributed by atoms with Crippen molar-refractivity contribution in [1.29, 1.82) is 0 Å². The van der Waals surface area contributed by atoms with E-state index in [0.29, 0.717) is 6.54 Å². The van der Waals surface area contributed by atoms with Crippen molar-refractivity contribution in [1.82, 2.24) is 10.6 Å². The third-order valence-corrected chi connectivity index (χ3v) is 5.94. The number of nitrogens with one attached hydrogen (secondary N) is 2. The predicted molar refractivity (Wildman–Crippen MR) is 118 cm³/mol. The molecule has 7 nitrogen and oxygen atoms in total. The lowest BCUT2D eigenvalue weighted by Crippen LogP contribution is -2.50. The van der Waals surface area contributed by atoms with Crippen LogP contribution in [0, 0.1) is 0 Å². The molecule has 0 fully saturated rings. The summed E-state index contributed by atoms with van der Waals surface area (Å²) in [5.74, 6) is -1.16. The standard InChI is InChI=1S/C23H28N2O5S/c1-2-3-8-13-24-22(26)21(15-31(28)29)25-23(27)30-14-20-18-11-6-4-9-16(18)17-10-5-7-12-19(17)20/h4-7,9-12,20-21H,2-3,8,13-15H2,1H3,(H,24,26)(H,25,27)(H,28,29)/p-1/t21-/m0/s1. The third-order valence-electron chi connectivity index (χ3n) is 5.33. The monoisotopic (exact) mass is 443 g/mol. The Hall–Kier alpha value is -2.71. The molecule has 0 saturated carbocycles. The first-order valence-corrected chi connectivity index (χ1v) is 11.7. The Kier molecular flexibility index (Phi) is 8.20. The van der Waals surface area contributed by atoms with Crippen LogP contribution in [0.15, 0.2) is 48.5 Å². The van der Waals surface area contributed by atoms with Crippen LogP contribution in [0.5, 0.6) is 0 Å². The van der Waals surface area contributed by atoms with Crippen LogP contribution in [0.2, 0.25) is 0 Å². The molecule has 0 bridgehead atoms. The minimum absolute atomic E-state index is 0.0885. The summed E-state index contributed by atoms with van der Waals surface area (Å²) in [6, 6.07) is 14.7. The number of fused-ring (bicyclic) bond motifs is 3. The number of amides is 2. The number of carbonyl (C=O) groups excluding carboxylic acids is 2. The molecule has 2 aromatic carbocycles. The number of ether oxygens (including phenoxy) is 1. The Morgan fingerprint density at radius 2 is 1.68 bits per heavy atom. The fourth-order valence-electron chi connectivity index (χ4n) is 3.81. The van der Waals surface area contributed by atoms with Crippen molar-refractivity contribution in [3.63, 3.8) is 0 Å². The second-order valence-corrected chi connectivity index (χ2v) is 8.43. The molecule has 2 N–H and O–H groups in total. The van der Waals surface area contributed by atoms with E-state index in [1.165, 1.54) is 0 Å². The molecule has 0 aromatic heterocycles. The molecule has 166 valence electrons. The maximum Gasteiger partial charge on any atom is 0.407 e. The van der Waals surface area contributed by atoms with Crippen molar-refractivity contribution < 1.29 is 23.1 Å². The zero-order chi connectivity index (χ0) is 22.2. The van der Waals surface area contributed by atoms with Gasteiger partial charge < -0.3 is 19.9 Å². The van der Waals surface area contributed by atoms with Gasteiger partial charge in [-0.15, -0.1) is 0 Å². The number of rotatable bonds is 10. The highest BCUT2D eigenvalue weighted by molar-refractivity contribution is 7.79. The van der Waals surface area contributed by atoms with Gasteiger partial charge in [0.15, 0.2) is 0 Å². The Morgan fingerprint density at radius 3 is 2.26 bits per heavy atom. The van der Waals surface area contributed by atoms with Crippen molar-refractivity contribution in [3.8, 4) is 11.1 Å². The van der Waals surface area contributed by atoms with Crippen molar-refractivity contribution in [2.75, 3.05) is 18.9 Å². The second-order valence-electron chi connectivity index (χ2n) is 7.49. The van der Waals surface area contributed by atoms with Crippen LogP contribution in [0.25, 0.3) is 11.1 Å². The molecule has 31 heavy (non-hydrogen) atoms. The molecule has 3 rings (SSSR count). The number of hydrogen-bond acceptors (Lipinski definition) is 5. The van der Waals surface area contributed by atoms with E-state index in [0.717, 1.165) is 41.5 Å². The minimum atomic E-state index is -2.49. The van der Waals surface area contributed by atoms with Crippen LogP contribution in [0.3, 0.4) is 0 Å². The smallest absolute Gasteiger partial charge is 0.407 e. The topological polar surface area (TPSA) is 108 Å². The molecule has 8 heteroatoms. The lowest BCUT2D eigenvalue weighted by molar-refractivity contribution is -0.122. The summed E-state index contributed by atoms with van der Waals surface area (Å²) in [7, 11) is 0. The molecule has 0 aliphatic heterocycles. The van der Waals surface area contributed by atoms with Gasteiger partial charge in [0.2, 0.25) is 5.91 Å². The molecule has 0 saturated heterocycles. The molecule has 0 spiro atoms. The molecule has 1 unspecified atom stereocenters. The molecule has 0 radical (unpaired) electrons. The van der Waals surface area contributed by atoms with Gasteiger partial charge in [-0.25, -0.2) is 4.79 Å². The van der Waals surface area contributed by atoms with Crippen molar-refractivity contribution in [2.45, 2.75) is 38.1 Å². The van der Waals surface area contributed by atoms with E-state index in [4.69, 9.17) is 4.74 Å². The Balaban J connectivity index is 1.61. The van der Waals surface area contributed by atoms with Gasteiger partial charge in [-0.3, -0.25) is 9.00 Å². The quantitative estimate of drug-likeness (QED) is 0.433. The van der Waals surface area contributed by atoms with Gasteiger partial charge in [0.1, 0.15) is 12.6 Å². The highest BCUT2D eigenvalue weighted by Gasteiger charge is 2.29. The normalized spacial score (nSPS) is 14.3. The average molecular weight is 444 g/mol. The van der Waals surface area contributed by atoms with Gasteiger partial charge in [0.05, 0.1) is 0 Å². The number of unbranched alkanes of at least 4 members (excludes halogenated alkanes) is 2. The average Bonchev–Trinajstić information content (AvgIpc) is 3.08. The number of benzene rings is 2. The van der Waals surface area contributed by atoms with Crippen molar-refractivity contribution in [3.05, 3.63) is 59.7 Å². The fourth-order valence-corrected chi connectivity index (χ4v) is 4.32. The summed E-state index contributed by atoms with van der Waals surface area (Å²) in [5.41, 5.74) is 4.36. The number of carbonyl (C=O) groups is 2. The molecule has 1 aliphatic rings. The molecule has 2 aromatic rings. The number of hydrogen-bond donors (Lipinski definition) is 2. The SMILES string of the molecule is CCCCCNC(=O)[C@H](CS(=O)[O-])NC(=O)OCC1c2ccccc2-c2ccccc21. The lowest BCUT2D eigenvalue weighted by Gasteiger charge is -2.20. The van der Waals surface area contributed by atoms with Gasteiger partial charge in [0.25, 0.3) is 0 Å². The van der Waals surface area contributed by atoms with Crippen molar-refractivity contribution >= 4 is 23.1 Å². The first kappa shape index (κ1) is 23.0. The van der Waals surface area contributed by atoms with Gasteiger partial charge >= 0.3 is 6.09 Å². The zero-order valence-electron chi connectivity index (χ0n) is 17.5. The maximum atomic E-state index is 12.4. The summed E-state index contributed by atoms with van der Waals surface area (Å²) in [6.07, 6.45) is 1.93. The Labute approximate surface area is 184 Å². The summed E-state index contributed by atoms with van der Waals surface area (Å²) in [6.45, 7) is 2.57. The summed E-state index contributed by atoms with van der Waals surface area (Å²) < 4.78 is 27.7. The van der Waals surface area contributed by atoms with Crippen LogP contribution in [-0.2, 0) is 20.6 Å². The van der Waals surface area contributed by atoms with Crippen LogP contribution in [0.4, 0.5) is 4.79 Å². The summed E-state index contributed by atoms with van der Waals surface area (Å²) >= 11 is -2.49. The molecule has 2 amide bonds. The highest BCUT2D eigenvalue weighted by atomic mass is 32.2. The van der Waals surface area contributed by atoms with Crippen molar-refractivity contribution in [2.24, 2.45) is 0 Å². The number of alkyl carbamates (subject to hydrolysis) is 1. The van der Waals surface area contributed by atoms with Gasteiger partial charge in [-0.1, -0.05) is 79.4 Å². The molecule has 1 aliphatic carbocycles. The summed E-state index contributed by atoms with van der Waals surface area (Å²) in [5, 5.41) is 5.06. The lowest BCUT2D eigenvalue weighted by atomic mass is 9.98. The van der Waals surface area contributed by atoms with E-state index in [9.17, 15) is 18.4 Å². The highest BCUT2D eigenvalue weighted by Crippen LogP contribution is 2.44. The molecular formula is C23H27N2O5S-. The van der Waals surface area contributed by atoms with E-state index in [1.807, 2.05) is 55.5 Å². The second kappa shape index (κ2) is 11.1. The third kappa shape index (κ3) is 5.92. The summed E-state index contributed by atoms with van der Waals surface area (Å²) in [4.78, 5) is 24.7. The van der Waals surface area contributed by atoms with Gasteiger partial charge in [-0.2, -0.15) is 0 Å². The molecule has 0 heterocycles. The largest absolute Gasteiger partial charge is 0.772 e. The molecule has 2 atom stereocenters. The van der Waals surface area contributed by atoms with Crippen LogP contribution < -0.4 is 10.6 Å². The maximum absolute atomic E-state index is 12.4.